The number of carbonyl (C=O) groups is 2. The van der Waals surface area contributed by atoms with E-state index in [1.165, 1.54) is 32.1 Å². The maximum absolute atomic E-state index is 12.7. The van der Waals surface area contributed by atoms with Crippen molar-refractivity contribution >= 4 is 19.8 Å². The number of quaternary nitrogens is 1. The van der Waals surface area contributed by atoms with E-state index in [1.54, 1.807) is 0 Å². The van der Waals surface area contributed by atoms with Crippen LogP contribution in [0.25, 0.3) is 0 Å². The van der Waals surface area contributed by atoms with Gasteiger partial charge in [-0.2, -0.15) is 0 Å². The highest BCUT2D eigenvalue weighted by Gasteiger charge is 2.27. The van der Waals surface area contributed by atoms with Crippen molar-refractivity contribution in [3.05, 3.63) is 146 Å². The normalized spacial score (nSPS) is 14.4. The van der Waals surface area contributed by atoms with Crippen LogP contribution in [0.4, 0.5) is 0 Å². The Morgan fingerprint density at radius 3 is 1.16 bits per heavy atom. The summed E-state index contributed by atoms with van der Waals surface area (Å²) >= 11 is 0. The van der Waals surface area contributed by atoms with E-state index in [1.807, 2.05) is 21.1 Å². The Labute approximate surface area is 446 Å². The van der Waals surface area contributed by atoms with Crippen molar-refractivity contribution in [1.29, 1.82) is 0 Å². The minimum atomic E-state index is -4.39. The third kappa shape index (κ3) is 57.0. The Kier molecular flexibility index (Phi) is 49.8. The lowest BCUT2D eigenvalue weighted by Gasteiger charge is -2.24. The Balaban J connectivity index is 4.12. The quantitative estimate of drug-likeness (QED) is 0.0211. The third-order valence-corrected chi connectivity index (χ3v) is 12.1. The van der Waals surface area contributed by atoms with Crippen molar-refractivity contribution < 1.29 is 42.1 Å². The average molecular weight is 1030 g/mol. The number of allylic oxidation sites excluding steroid dienone is 24. The van der Waals surface area contributed by atoms with Gasteiger partial charge in [0.2, 0.25) is 0 Å². The molecule has 10 heteroatoms. The molecule has 0 radical (unpaired) electrons. The zero-order valence-corrected chi connectivity index (χ0v) is 47.4. The minimum Gasteiger partial charge on any atom is -0.462 e. The maximum Gasteiger partial charge on any atom is 0.472 e. The second-order valence-corrected chi connectivity index (χ2v) is 20.7. The third-order valence-electron chi connectivity index (χ3n) is 11.1. The van der Waals surface area contributed by atoms with E-state index in [4.69, 9.17) is 18.5 Å². The van der Waals surface area contributed by atoms with Gasteiger partial charge in [-0.3, -0.25) is 18.6 Å². The molecule has 2 unspecified atom stereocenters. The number of likely N-dealkylation sites (N-methyl/N-ethyl adjacent to an activating group) is 1. The van der Waals surface area contributed by atoms with Crippen LogP contribution in [-0.4, -0.2) is 74.9 Å². The number of nitrogens with zero attached hydrogens (tertiary/aromatic N) is 1. The molecule has 0 rings (SSSR count). The van der Waals surface area contributed by atoms with Crippen molar-refractivity contribution in [2.45, 2.75) is 193 Å². The van der Waals surface area contributed by atoms with Gasteiger partial charge in [0, 0.05) is 12.8 Å². The molecule has 73 heavy (non-hydrogen) atoms. The number of carbonyl (C=O) groups excluding carboxylic acids is 2. The predicted octanol–water partition coefficient (Wildman–Crippen LogP) is 17.5. The summed E-state index contributed by atoms with van der Waals surface area (Å²) in [6.45, 7) is 4.21. The van der Waals surface area contributed by atoms with Crippen LogP contribution in [0.2, 0.25) is 0 Å². The van der Waals surface area contributed by atoms with Crippen molar-refractivity contribution in [3.63, 3.8) is 0 Å². The standard InChI is InChI=1S/C63H102NO8P/c1-6-8-10-12-14-16-17-18-19-20-21-22-23-24-25-26-27-28-29-30-31-32-33-34-35-36-37-38-39-40-41-42-43-44-45-46-47-48-50-52-54-56-63(66)72-61(60-71-73(67,68)70-58-57-64(3,4)5)59-69-62(65)55-53-51-49-15-13-11-9-7-2/h8,10,14,16,18-19,21-22,24-25,27-28,30-31,33-34,36-37,39-40,42-43,45-46,61H,6-7,9,11-13,15,17,20,23,26,29,32,35,38,41,44,47-60H2,1-5H3/p+1/b10-8-,16-14-,19-18-,22-21-,25-24-,28-27-,31-30-,34-33-,37-36-,40-39-,43-42-,46-45-. The Morgan fingerprint density at radius 1 is 0.438 bits per heavy atom. The lowest BCUT2D eigenvalue weighted by atomic mass is 10.1. The summed E-state index contributed by atoms with van der Waals surface area (Å²) < 4.78 is 34.3. The molecule has 0 aromatic rings. The summed E-state index contributed by atoms with van der Waals surface area (Å²) in [4.78, 5) is 35.3. The van der Waals surface area contributed by atoms with Gasteiger partial charge in [-0.1, -0.05) is 217 Å². The van der Waals surface area contributed by atoms with E-state index in [0.717, 1.165) is 122 Å². The summed E-state index contributed by atoms with van der Waals surface area (Å²) in [5, 5.41) is 0. The zero-order valence-electron chi connectivity index (χ0n) is 46.6. The molecule has 1 N–H and O–H groups in total. The minimum absolute atomic E-state index is 0.0197. The van der Waals surface area contributed by atoms with Crippen molar-refractivity contribution in [2.75, 3.05) is 47.5 Å². The van der Waals surface area contributed by atoms with Crippen LogP contribution >= 0.6 is 7.82 Å². The molecular weight excluding hydrogens is 930 g/mol. The summed E-state index contributed by atoms with van der Waals surface area (Å²) in [5.74, 6) is -0.844. The molecule has 0 bridgehead atoms. The monoisotopic (exact) mass is 1030 g/mol. The van der Waals surface area contributed by atoms with Gasteiger partial charge < -0.3 is 18.9 Å². The van der Waals surface area contributed by atoms with Crippen molar-refractivity contribution in [2.24, 2.45) is 0 Å². The second-order valence-electron chi connectivity index (χ2n) is 19.2. The molecule has 0 fully saturated rings. The Morgan fingerprint density at radius 2 is 0.781 bits per heavy atom. The van der Waals surface area contributed by atoms with Crippen LogP contribution in [0.3, 0.4) is 0 Å². The number of rotatable bonds is 49. The second kappa shape index (κ2) is 52.7. The fourth-order valence-electron chi connectivity index (χ4n) is 6.82. The summed E-state index contributed by atoms with van der Waals surface area (Å²) in [6, 6.07) is 0. The molecule has 2 atom stereocenters. The molecule has 412 valence electrons. The lowest BCUT2D eigenvalue weighted by molar-refractivity contribution is -0.870. The van der Waals surface area contributed by atoms with Crippen LogP contribution in [-0.2, 0) is 32.7 Å². The van der Waals surface area contributed by atoms with Crippen molar-refractivity contribution in [1.82, 2.24) is 0 Å². The summed E-state index contributed by atoms with van der Waals surface area (Å²) in [5.41, 5.74) is 0. The Bertz CT molecular complexity index is 1740. The molecule has 0 spiro atoms. The van der Waals surface area contributed by atoms with E-state index in [-0.39, 0.29) is 32.0 Å². The van der Waals surface area contributed by atoms with Crippen LogP contribution in [0.5, 0.6) is 0 Å². The van der Waals surface area contributed by atoms with E-state index in [9.17, 15) is 19.0 Å². The number of phosphoric ester groups is 1. The highest BCUT2D eigenvalue weighted by Crippen LogP contribution is 2.43. The number of hydrogen-bond acceptors (Lipinski definition) is 7. The van der Waals surface area contributed by atoms with E-state index in [2.05, 4.69) is 160 Å². The SMILES string of the molecule is CC/C=C\C/C=C\C/C=C\C/C=C\C/C=C\C/C=C\C/C=C\C/C=C\C/C=C\C/C=C\C/C=C\C/C=C\CCCCCCC(=O)OC(COC(=O)CCCCCCCCCC)COP(=O)(O)OCC[N+](C)(C)C. The highest BCUT2D eigenvalue weighted by molar-refractivity contribution is 7.47. The first-order chi connectivity index (χ1) is 35.5. The van der Waals surface area contributed by atoms with Crippen molar-refractivity contribution in [3.8, 4) is 0 Å². The summed E-state index contributed by atoms with van der Waals surface area (Å²) in [7, 11) is 1.44. The zero-order chi connectivity index (χ0) is 53.5. The molecule has 0 aromatic heterocycles. The van der Waals surface area contributed by atoms with Gasteiger partial charge in [-0.05, 0) is 103 Å². The van der Waals surface area contributed by atoms with Gasteiger partial charge in [0.15, 0.2) is 6.10 Å². The Hall–Kier alpha value is -4.11. The smallest absolute Gasteiger partial charge is 0.462 e. The van der Waals surface area contributed by atoms with E-state index >= 15 is 0 Å². The molecule has 0 aliphatic carbocycles. The van der Waals surface area contributed by atoms with Gasteiger partial charge in [-0.15, -0.1) is 0 Å². The molecule has 0 amide bonds. The summed E-state index contributed by atoms with van der Waals surface area (Å²) in [6.07, 6.45) is 78.0. The fraction of sp³-hybridized carbons (Fsp3) is 0.587. The van der Waals surface area contributed by atoms with Crippen LogP contribution in [0.1, 0.15) is 187 Å². The van der Waals surface area contributed by atoms with Crippen LogP contribution in [0, 0.1) is 0 Å². The molecule has 0 aliphatic heterocycles. The van der Waals surface area contributed by atoms with Crippen LogP contribution < -0.4 is 0 Å². The topological polar surface area (TPSA) is 108 Å². The molecular formula is C63H103NO8P+. The lowest BCUT2D eigenvalue weighted by Crippen LogP contribution is -2.37. The fourth-order valence-corrected chi connectivity index (χ4v) is 7.56. The number of esters is 2. The van der Waals surface area contributed by atoms with Gasteiger partial charge in [-0.25, -0.2) is 4.57 Å². The first kappa shape index (κ1) is 68.9. The maximum atomic E-state index is 12.7. The number of hydrogen-bond donors (Lipinski definition) is 1. The molecule has 0 heterocycles. The predicted molar refractivity (Wildman–Crippen MR) is 311 cm³/mol. The number of phosphoric acid groups is 1. The first-order valence-corrected chi connectivity index (χ1v) is 29.6. The van der Waals surface area contributed by atoms with Gasteiger partial charge >= 0.3 is 19.8 Å². The molecule has 0 aliphatic rings. The van der Waals surface area contributed by atoms with Crippen LogP contribution in [0.15, 0.2) is 146 Å². The molecule has 0 saturated heterocycles. The van der Waals surface area contributed by atoms with Gasteiger partial charge in [0.1, 0.15) is 19.8 Å². The van der Waals surface area contributed by atoms with Gasteiger partial charge in [0.05, 0.1) is 27.7 Å². The first-order valence-electron chi connectivity index (χ1n) is 28.1. The number of ether oxygens (including phenoxy) is 2. The molecule has 0 saturated carbocycles. The van der Waals surface area contributed by atoms with E-state index < -0.39 is 26.5 Å². The highest BCUT2D eigenvalue weighted by atomic mass is 31.2. The largest absolute Gasteiger partial charge is 0.472 e. The molecule has 9 nitrogen and oxygen atoms in total. The van der Waals surface area contributed by atoms with Gasteiger partial charge in [0.25, 0.3) is 0 Å². The molecule has 0 aromatic carbocycles. The van der Waals surface area contributed by atoms with E-state index in [0.29, 0.717) is 17.4 Å². The average Bonchev–Trinajstić information content (AvgIpc) is 3.35. The number of unbranched alkanes of at least 4 members (excludes halogenated alkanes) is 11.